The molecule has 0 fully saturated rings. The van der Waals surface area contributed by atoms with Crippen LogP contribution in [0.15, 0.2) is 12.1 Å². The first-order valence-corrected chi connectivity index (χ1v) is 7.22. The van der Waals surface area contributed by atoms with Gasteiger partial charge < -0.3 is 15.8 Å². The molecule has 0 unspecified atom stereocenters. The first-order chi connectivity index (χ1) is 10.6. The number of nitrogens with two attached hydrogens (primary N) is 1. The van der Waals surface area contributed by atoms with Crippen molar-refractivity contribution in [2.75, 3.05) is 12.3 Å². The van der Waals surface area contributed by atoms with Gasteiger partial charge in [0, 0.05) is 18.2 Å². The number of ether oxygens (including phenoxy) is 1. The fourth-order valence-corrected chi connectivity index (χ4v) is 1.76. The number of nitrogens with one attached hydrogen (secondary N) is 1. The molecule has 0 aliphatic rings. The Morgan fingerprint density at radius 2 is 2.22 bits per heavy atom. The van der Waals surface area contributed by atoms with E-state index in [1.807, 2.05) is 0 Å². The van der Waals surface area contributed by atoms with Gasteiger partial charge in [0.25, 0.3) is 0 Å². The molecular weight excluding hydrogens is 324 g/mol. The van der Waals surface area contributed by atoms with Crippen LogP contribution in [-0.2, 0) is 4.74 Å². The van der Waals surface area contributed by atoms with Gasteiger partial charge in [-0.25, -0.2) is 9.78 Å². The van der Waals surface area contributed by atoms with Gasteiger partial charge in [-0.05, 0) is 27.2 Å². The van der Waals surface area contributed by atoms with Gasteiger partial charge in [0.1, 0.15) is 10.8 Å². The molecule has 0 aliphatic heterocycles. The van der Waals surface area contributed by atoms with E-state index in [1.165, 1.54) is 6.07 Å². The lowest BCUT2D eigenvalue weighted by Crippen LogP contribution is -2.32. The van der Waals surface area contributed by atoms with E-state index in [9.17, 15) is 14.9 Å². The van der Waals surface area contributed by atoms with Crippen molar-refractivity contribution in [3.63, 3.8) is 0 Å². The average molecular weight is 343 g/mol. The summed E-state index contributed by atoms with van der Waals surface area (Å²) < 4.78 is 5.08. The molecular formula is C14H19ClN4O4. The van der Waals surface area contributed by atoms with Crippen LogP contribution >= 0.6 is 11.6 Å². The fraction of sp³-hybridized carbons (Fsp3) is 0.429. The van der Waals surface area contributed by atoms with E-state index in [4.69, 9.17) is 22.1 Å². The van der Waals surface area contributed by atoms with Crippen LogP contribution in [0.1, 0.15) is 32.8 Å². The van der Waals surface area contributed by atoms with Gasteiger partial charge in [0.2, 0.25) is 5.82 Å². The summed E-state index contributed by atoms with van der Waals surface area (Å²) in [5, 5.41) is 13.5. The highest BCUT2D eigenvalue weighted by Crippen LogP contribution is 2.26. The summed E-state index contributed by atoms with van der Waals surface area (Å²) in [6.45, 7) is 5.67. The number of hydrogen-bond acceptors (Lipinski definition) is 6. The maximum atomic E-state index is 11.4. The lowest BCUT2D eigenvalue weighted by atomic mass is 10.2. The molecule has 0 bridgehead atoms. The molecule has 0 aromatic carbocycles. The topological polar surface area (TPSA) is 120 Å². The number of nitrogens with zero attached hydrogens (tertiary/aromatic N) is 2. The molecule has 1 heterocycles. The third-order valence-electron chi connectivity index (χ3n) is 2.48. The quantitative estimate of drug-likeness (QED) is 0.367. The van der Waals surface area contributed by atoms with Crippen LogP contribution in [0, 0.1) is 10.1 Å². The number of anilines is 1. The van der Waals surface area contributed by atoms with Gasteiger partial charge in [-0.1, -0.05) is 23.8 Å². The van der Waals surface area contributed by atoms with Gasteiger partial charge in [-0.15, -0.1) is 0 Å². The summed E-state index contributed by atoms with van der Waals surface area (Å²) in [7, 11) is 0. The van der Waals surface area contributed by atoms with E-state index in [2.05, 4.69) is 10.3 Å². The Morgan fingerprint density at radius 3 is 2.78 bits per heavy atom. The number of nitro groups is 1. The van der Waals surface area contributed by atoms with Crippen molar-refractivity contribution >= 4 is 35.3 Å². The van der Waals surface area contributed by atoms with Crippen LogP contribution in [0.5, 0.6) is 0 Å². The minimum Gasteiger partial charge on any atom is -0.444 e. The van der Waals surface area contributed by atoms with Crippen LogP contribution < -0.4 is 11.1 Å². The molecule has 0 atom stereocenters. The molecule has 1 aromatic heterocycles. The zero-order valence-electron chi connectivity index (χ0n) is 13.1. The van der Waals surface area contributed by atoms with Crippen LogP contribution in [0.3, 0.4) is 0 Å². The van der Waals surface area contributed by atoms with E-state index >= 15 is 0 Å². The maximum Gasteiger partial charge on any atom is 0.407 e. The SMILES string of the molecule is CC(C)(C)OC(=O)NCCC=Cc1cc([N+](=O)[O-])c(N)nc1Cl. The number of carbonyl (C=O) groups is 1. The molecule has 0 radical (unpaired) electrons. The van der Waals surface area contributed by atoms with Crippen molar-refractivity contribution < 1.29 is 14.5 Å². The van der Waals surface area contributed by atoms with Gasteiger partial charge in [-0.2, -0.15) is 0 Å². The van der Waals surface area contributed by atoms with Crippen molar-refractivity contribution in [2.45, 2.75) is 32.8 Å². The summed E-state index contributed by atoms with van der Waals surface area (Å²) >= 11 is 5.89. The molecule has 126 valence electrons. The number of rotatable bonds is 5. The number of carbonyl (C=O) groups excluding carboxylic acids is 1. The molecule has 1 aromatic rings. The molecule has 3 N–H and O–H groups in total. The lowest BCUT2D eigenvalue weighted by Gasteiger charge is -2.19. The summed E-state index contributed by atoms with van der Waals surface area (Å²) in [6, 6.07) is 1.25. The van der Waals surface area contributed by atoms with Crippen LogP contribution in [0.2, 0.25) is 5.15 Å². The number of nitrogen functional groups attached to an aromatic ring is 1. The number of amides is 1. The second-order valence-corrected chi connectivity index (χ2v) is 6.01. The van der Waals surface area contributed by atoms with Gasteiger partial charge >= 0.3 is 11.8 Å². The monoisotopic (exact) mass is 342 g/mol. The molecule has 0 saturated carbocycles. The van der Waals surface area contributed by atoms with Crippen molar-refractivity contribution in [1.82, 2.24) is 10.3 Å². The highest BCUT2D eigenvalue weighted by molar-refractivity contribution is 6.31. The van der Waals surface area contributed by atoms with Crippen molar-refractivity contribution in [3.8, 4) is 0 Å². The first-order valence-electron chi connectivity index (χ1n) is 6.84. The van der Waals surface area contributed by atoms with E-state index in [0.717, 1.165) is 0 Å². The minimum atomic E-state index is -0.625. The number of pyridine rings is 1. The predicted octanol–water partition coefficient (Wildman–Crippen LogP) is 3.15. The molecule has 9 heteroatoms. The van der Waals surface area contributed by atoms with Gasteiger partial charge in [0.05, 0.1) is 4.92 Å². The zero-order valence-corrected chi connectivity index (χ0v) is 13.9. The Hall–Kier alpha value is -2.35. The molecule has 8 nitrogen and oxygen atoms in total. The largest absolute Gasteiger partial charge is 0.444 e. The van der Waals surface area contributed by atoms with Crippen LogP contribution in [0.25, 0.3) is 6.08 Å². The van der Waals surface area contributed by atoms with E-state index in [1.54, 1.807) is 32.9 Å². The highest BCUT2D eigenvalue weighted by Gasteiger charge is 2.16. The van der Waals surface area contributed by atoms with Crippen LogP contribution in [0.4, 0.5) is 16.3 Å². The van der Waals surface area contributed by atoms with Crippen molar-refractivity contribution in [1.29, 1.82) is 0 Å². The summed E-state index contributed by atoms with van der Waals surface area (Å²) in [4.78, 5) is 25.3. The maximum absolute atomic E-state index is 11.4. The van der Waals surface area contributed by atoms with Crippen molar-refractivity contribution in [2.24, 2.45) is 0 Å². The summed E-state index contributed by atoms with van der Waals surface area (Å²) in [5.41, 5.74) is 4.95. The molecule has 0 aliphatic carbocycles. The third kappa shape index (κ3) is 6.52. The normalized spacial score (nSPS) is 11.5. The molecule has 0 saturated heterocycles. The highest BCUT2D eigenvalue weighted by atomic mass is 35.5. The zero-order chi connectivity index (χ0) is 17.6. The average Bonchev–Trinajstić information content (AvgIpc) is 2.38. The predicted molar refractivity (Wildman–Crippen MR) is 88.2 cm³/mol. The standard InChI is InChI=1S/C14H19ClN4O4/c1-14(2,3)23-13(20)17-7-5-4-6-9-8-10(19(21)22)12(16)18-11(9)15/h4,6,8H,5,7H2,1-3H3,(H2,16,18)(H,17,20). The summed E-state index contributed by atoms with van der Waals surface area (Å²) in [6.07, 6.45) is 3.28. The molecule has 1 amide bonds. The third-order valence-corrected chi connectivity index (χ3v) is 2.79. The smallest absolute Gasteiger partial charge is 0.407 e. The Kier molecular flexibility index (Phi) is 6.32. The molecule has 0 spiro atoms. The van der Waals surface area contributed by atoms with E-state index in [0.29, 0.717) is 18.5 Å². The Bertz CT molecular complexity index is 626. The van der Waals surface area contributed by atoms with E-state index < -0.39 is 16.6 Å². The molecule has 23 heavy (non-hydrogen) atoms. The van der Waals surface area contributed by atoms with E-state index in [-0.39, 0.29) is 16.7 Å². The Morgan fingerprint density at radius 1 is 1.57 bits per heavy atom. The summed E-state index contributed by atoms with van der Waals surface area (Å²) in [5.74, 6) is -0.233. The number of hydrogen-bond donors (Lipinski definition) is 2. The second kappa shape index (κ2) is 7.77. The first kappa shape index (κ1) is 18.7. The van der Waals surface area contributed by atoms with Crippen molar-refractivity contribution in [3.05, 3.63) is 33.0 Å². The number of aromatic nitrogens is 1. The van der Waals surface area contributed by atoms with Gasteiger partial charge in [-0.3, -0.25) is 10.1 Å². The van der Waals surface area contributed by atoms with Gasteiger partial charge in [0.15, 0.2) is 0 Å². The Balaban J connectivity index is 2.57. The molecule has 1 rings (SSSR count). The Labute approximate surface area is 138 Å². The minimum absolute atomic E-state index is 0.0736. The fourth-order valence-electron chi connectivity index (χ4n) is 1.55. The second-order valence-electron chi connectivity index (χ2n) is 5.65. The number of halogens is 1. The lowest BCUT2D eigenvalue weighted by molar-refractivity contribution is -0.384. The number of alkyl carbamates (subject to hydrolysis) is 1. The van der Waals surface area contributed by atoms with Crippen LogP contribution in [-0.4, -0.2) is 28.1 Å².